The summed E-state index contributed by atoms with van der Waals surface area (Å²) >= 11 is 1.63. The molecule has 2 aromatic heterocycles. The van der Waals surface area contributed by atoms with Crippen molar-refractivity contribution in [3.8, 4) is 0 Å². The van der Waals surface area contributed by atoms with Gasteiger partial charge in [0, 0.05) is 17.6 Å². The summed E-state index contributed by atoms with van der Waals surface area (Å²) in [5.41, 5.74) is 4.66. The molecule has 0 radical (unpaired) electrons. The third-order valence-corrected chi connectivity index (χ3v) is 4.10. The second-order valence-electron chi connectivity index (χ2n) is 5.15. The number of aromatic nitrogens is 1. The molecule has 0 fully saturated rings. The molecule has 0 spiro atoms. The molecule has 0 saturated carbocycles. The summed E-state index contributed by atoms with van der Waals surface area (Å²) in [6.45, 7) is 4.48. The number of rotatable bonds is 3. The lowest BCUT2D eigenvalue weighted by Gasteiger charge is -2.09. The smallest absolute Gasteiger partial charge is 0.252 e. The molecule has 0 saturated heterocycles. The molecule has 0 unspecified atom stereocenters. The first-order chi connectivity index (χ1) is 10.1. The van der Waals surface area contributed by atoms with E-state index < -0.39 is 0 Å². The van der Waals surface area contributed by atoms with Gasteiger partial charge in [-0.2, -0.15) is 11.3 Å². The molecule has 1 amide bonds. The summed E-state index contributed by atoms with van der Waals surface area (Å²) < 4.78 is 0. The van der Waals surface area contributed by atoms with Gasteiger partial charge in [0.05, 0.1) is 11.1 Å². The molecular formula is C17H16N2OS. The van der Waals surface area contributed by atoms with E-state index in [2.05, 4.69) is 10.3 Å². The zero-order chi connectivity index (χ0) is 14.8. The summed E-state index contributed by atoms with van der Waals surface area (Å²) in [5, 5.41) is 7.94. The largest absolute Gasteiger partial charge is 0.348 e. The highest BCUT2D eigenvalue weighted by molar-refractivity contribution is 7.07. The van der Waals surface area contributed by atoms with Crippen molar-refractivity contribution in [3.63, 3.8) is 0 Å². The summed E-state index contributed by atoms with van der Waals surface area (Å²) in [5.74, 6) is -0.0534. The highest BCUT2D eigenvalue weighted by Gasteiger charge is 2.12. The molecule has 0 aliphatic heterocycles. The molecule has 1 aromatic carbocycles. The van der Waals surface area contributed by atoms with E-state index in [0.717, 1.165) is 27.7 Å². The fourth-order valence-corrected chi connectivity index (χ4v) is 3.00. The average molecular weight is 296 g/mol. The Hall–Kier alpha value is -2.20. The van der Waals surface area contributed by atoms with E-state index in [9.17, 15) is 4.79 Å². The minimum Gasteiger partial charge on any atom is -0.348 e. The first kappa shape index (κ1) is 13.8. The van der Waals surface area contributed by atoms with Crippen molar-refractivity contribution in [3.05, 3.63) is 63.5 Å². The molecule has 3 nitrogen and oxygen atoms in total. The van der Waals surface area contributed by atoms with Crippen LogP contribution in [0.1, 0.15) is 27.2 Å². The molecular weight excluding hydrogens is 280 g/mol. The van der Waals surface area contributed by atoms with E-state index in [1.54, 1.807) is 11.3 Å². The number of amides is 1. The van der Waals surface area contributed by atoms with Crippen molar-refractivity contribution in [2.75, 3.05) is 0 Å². The van der Waals surface area contributed by atoms with Crippen molar-refractivity contribution >= 4 is 28.1 Å². The molecule has 2 heterocycles. The maximum absolute atomic E-state index is 12.5. The van der Waals surface area contributed by atoms with Crippen LogP contribution in [0.3, 0.4) is 0 Å². The van der Waals surface area contributed by atoms with Crippen molar-refractivity contribution in [2.45, 2.75) is 20.4 Å². The van der Waals surface area contributed by atoms with Crippen LogP contribution in [0.4, 0.5) is 0 Å². The lowest BCUT2D eigenvalue weighted by atomic mass is 10.0. The normalized spacial score (nSPS) is 10.8. The number of pyridine rings is 1. The van der Waals surface area contributed by atoms with E-state index >= 15 is 0 Å². The van der Waals surface area contributed by atoms with Crippen LogP contribution in [-0.4, -0.2) is 10.9 Å². The third-order valence-electron chi connectivity index (χ3n) is 3.37. The predicted molar refractivity (Wildman–Crippen MR) is 86.7 cm³/mol. The van der Waals surface area contributed by atoms with Gasteiger partial charge in [-0.3, -0.25) is 9.78 Å². The Morgan fingerprint density at radius 2 is 2.10 bits per heavy atom. The third kappa shape index (κ3) is 2.95. The van der Waals surface area contributed by atoms with Crippen LogP contribution in [0.5, 0.6) is 0 Å². The van der Waals surface area contributed by atoms with Gasteiger partial charge in [-0.1, -0.05) is 11.6 Å². The van der Waals surface area contributed by atoms with Gasteiger partial charge in [0.25, 0.3) is 5.91 Å². The Bertz CT molecular complexity index is 794. The number of thiophene rings is 1. The lowest BCUT2D eigenvalue weighted by molar-refractivity contribution is 0.0952. The first-order valence-corrected chi connectivity index (χ1v) is 7.75. The monoisotopic (exact) mass is 296 g/mol. The Morgan fingerprint density at radius 3 is 2.86 bits per heavy atom. The summed E-state index contributed by atoms with van der Waals surface area (Å²) in [4.78, 5) is 17.0. The first-order valence-electron chi connectivity index (χ1n) is 6.81. The second kappa shape index (κ2) is 5.66. The number of carbonyl (C=O) groups is 1. The molecule has 21 heavy (non-hydrogen) atoms. The lowest BCUT2D eigenvalue weighted by Crippen LogP contribution is -2.23. The van der Waals surface area contributed by atoms with Gasteiger partial charge in [0.1, 0.15) is 0 Å². The second-order valence-corrected chi connectivity index (χ2v) is 5.93. The molecule has 106 valence electrons. The maximum atomic E-state index is 12.5. The van der Waals surface area contributed by atoms with E-state index in [4.69, 9.17) is 0 Å². The van der Waals surface area contributed by atoms with Crippen LogP contribution in [0.25, 0.3) is 10.9 Å². The SMILES string of the molecule is Cc1ccc2nc(C)cc(C(=O)NCc3ccsc3)c2c1. The van der Waals surface area contributed by atoms with E-state index in [-0.39, 0.29) is 5.91 Å². The van der Waals surface area contributed by atoms with Gasteiger partial charge in [-0.05, 0) is 54.4 Å². The summed E-state index contributed by atoms with van der Waals surface area (Å²) in [6.07, 6.45) is 0. The number of aryl methyl sites for hydroxylation is 2. The minimum atomic E-state index is -0.0534. The number of carbonyl (C=O) groups excluding carboxylic acids is 1. The van der Waals surface area contributed by atoms with Crippen molar-refractivity contribution in [1.82, 2.24) is 10.3 Å². The molecule has 1 N–H and O–H groups in total. The molecule has 4 heteroatoms. The quantitative estimate of drug-likeness (QED) is 0.798. The van der Waals surface area contributed by atoms with E-state index in [0.29, 0.717) is 12.1 Å². The molecule has 0 aliphatic rings. The number of hydrogen-bond acceptors (Lipinski definition) is 3. The van der Waals surface area contributed by atoms with Crippen LogP contribution in [0.15, 0.2) is 41.1 Å². The molecule has 3 aromatic rings. The van der Waals surface area contributed by atoms with Crippen molar-refractivity contribution in [1.29, 1.82) is 0 Å². The zero-order valence-corrected chi connectivity index (χ0v) is 12.8. The number of nitrogens with zero attached hydrogens (tertiary/aromatic N) is 1. The molecule has 0 aliphatic carbocycles. The van der Waals surface area contributed by atoms with Crippen LogP contribution < -0.4 is 5.32 Å². The van der Waals surface area contributed by atoms with Crippen molar-refractivity contribution < 1.29 is 4.79 Å². The van der Waals surface area contributed by atoms with Gasteiger partial charge < -0.3 is 5.32 Å². The van der Waals surface area contributed by atoms with Crippen LogP contribution in [0, 0.1) is 13.8 Å². The molecule has 0 atom stereocenters. The Balaban J connectivity index is 1.94. The van der Waals surface area contributed by atoms with Gasteiger partial charge >= 0.3 is 0 Å². The average Bonchev–Trinajstić information content (AvgIpc) is 2.97. The topological polar surface area (TPSA) is 42.0 Å². The fourth-order valence-electron chi connectivity index (χ4n) is 2.33. The van der Waals surface area contributed by atoms with E-state index in [1.807, 2.05) is 54.9 Å². The van der Waals surface area contributed by atoms with Gasteiger partial charge in [0.2, 0.25) is 0 Å². The highest BCUT2D eigenvalue weighted by atomic mass is 32.1. The fraction of sp³-hybridized carbons (Fsp3) is 0.176. The van der Waals surface area contributed by atoms with Crippen LogP contribution in [-0.2, 0) is 6.54 Å². The molecule has 3 rings (SSSR count). The zero-order valence-electron chi connectivity index (χ0n) is 12.0. The summed E-state index contributed by atoms with van der Waals surface area (Å²) in [6, 6.07) is 9.87. The number of benzene rings is 1. The standard InChI is InChI=1S/C17H16N2OS/c1-11-3-4-16-14(7-11)15(8-12(2)19-16)17(20)18-9-13-5-6-21-10-13/h3-8,10H,9H2,1-2H3,(H,18,20). The Kier molecular flexibility index (Phi) is 3.71. The maximum Gasteiger partial charge on any atom is 0.252 e. The van der Waals surface area contributed by atoms with Gasteiger partial charge in [0.15, 0.2) is 0 Å². The van der Waals surface area contributed by atoms with Gasteiger partial charge in [-0.15, -0.1) is 0 Å². The van der Waals surface area contributed by atoms with Gasteiger partial charge in [-0.25, -0.2) is 0 Å². The van der Waals surface area contributed by atoms with E-state index in [1.165, 1.54) is 0 Å². The number of nitrogens with one attached hydrogen (secondary N) is 1. The van der Waals surface area contributed by atoms with Crippen LogP contribution >= 0.6 is 11.3 Å². The number of fused-ring (bicyclic) bond motifs is 1. The molecule has 0 bridgehead atoms. The van der Waals surface area contributed by atoms with Crippen molar-refractivity contribution in [2.24, 2.45) is 0 Å². The Labute approximate surface area is 127 Å². The van der Waals surface area contributed by atoms with Crippen LogP contribution in [0.2, 0.25) is 0 Å². The Morgan fingerprint density at radius 1 is 1.24 bits per heavy atom. The number of hydrogen-bond donors (Lipinski definition) is 1. The predicted octanol–water partition coefficient (Wildman–Crippen LogP) is 3.84. The summed E-state index contributed by atoms with van der Waals surface area (Å²) in [7, 11) is 0. The minimum absolute atomic E-state index is 0.0534. The highest BCUT2D eigenvalue weighted by Crippen LogP contribution is 2.20.